The lowest BCUT2D eigenvalue weighted by Gasteiger charge is -2.08. The third-order valence-corrected chi connectivity index (χ3v) is 2.97. The lowest BCUT2D eigenvalue weighted by molar-refractivity contribution is 0.127. The molecular formula is C19H22O. The Morgan fingerprint density at radius 1 is 1.00 bits per heavy atom. The van der Waals surface area contributed by atoms with Gasteiger partial charge < -0.3 is 4.74 Å². The topological polar surface area (TPSA) is 9.23 Å². The SMILES string of the molecule is CC(C)(C)C#CCCOCc1cccc2ccccc12. The molecule has 0 spiro atoms. The van der Waals surface area contributed by atoms with Gasteiger partial charge in [-0.1, -0.05) is 48.4 Å². The molecule has 1 heteroatoms. The molecule has 0 heterocycles. The molecule has 0 amide bonds. The van der Waals surface area contributed by atoms with E-state index in [1.807, 2.05) is 0 Å². The van der Waals surface area contributed by atoms with E-state index in [1.54, 1.807) is 0 Å². The van der Waals surface area contributed by atoms with Crippen molar-refractivity contribution in [3.63, 3.8) is 0 Å². The van der Waals surface area contributed by atoms with Crippen LogP contribution in [0.15, 0.2) is 42.5 Å². The van der Waals surface area contributed by atoms with E-state index in [9.17, 15) is 0 Å². The fourth-order valence-corrected chi connectivity index (χ4v) is 2.05. The molecule has 0 aliphatic carbocycles. The average molecular weight is 266 g/mol. The minimum atomic E-state index is 0.0790. The third kappa shape index (κ3) is 4.40. The average Bonchev–Trinajstić information content (AvgIpc) is 2.41. The lowest BCUT2D eigenvalue weighted by atomic mass is 9.98. The van der Waals surface area contributed by atoms with E-state index in [-0.39, 0.29) is 5.41 Å². The number of hydrogen-bond donors (Lipinski definition) is 0. The molecule has 0 atom stereocenters. The first-order valence-corrected chi connectivity index (χ1v) is 7.11. The summed E-state index contributed by atoms with van der Waals surface area (Å²) >= 11 is 0. The van der Waals surface area contributed by atoms with E-state index in [0.29, 0.717) is 13.2 Å². The van der Waals surface area contributed by atoms with Crippen LogP contribution in [0.4, 0.5) is 0 Å². The predicted octanol–water partition coefficient (Wildman–Crippen LogP) is 4.80. The molecule has 2 rings (SSSR count). The Hall–Kier alpha value is -1.78. The minimum absolute atomic E-state index is 0.0790. The van der Waals surface area contributed by atoms with Crippen LogP contribution >= 0.6 is 0 Å². The Kier molecular flexibility index (Phi) is 4.82. The van der Waals surface area contributed by atoms with Crippen molar-refractivity contribution in [2.45, 2.75) is 33.8 Å². The number of fused-ring (bicyclic) bond motifs is 1. The first kappa shape index (κ1) is 14.6. The Bertz CT molecular complexity index is 618. The molecule has 0 saturated heterocycles. The van der Waals surface area contributed by atoms with Crippen molar-refractivity contribution in [3.05, 3.63) is 48.0 Å². The number of ether oxygens (including phenoxy) is 1. The van der Waals surface area contributed by atoms with Crippen LogP contribution in [0.25, 0.3) is 10.8 Å². The number of hydrogen-bond acceptors (Lipinski definition) is 1. The summed E-state index contributed by atoms with van der Waals surface area (Å²) in [6.45, 7) is 7.70. The summed E-state index contributed by atoms with van der Waals surface area (Å²) in [7, 11) is 0. The molecule has 1 nitrogen and oxygen atoms in total. The van der Waals surface area contributed by atoms with Gasteiger partial charge in [-0.2, -0.15) is 0 Å². The molecule has 0 bridgehead atoms. The van der Waals surface area contributed by atoms with Crippen LogP contribution in [0.1, 0.15) is 32.8 Å². The van der Waals surface area contributed by atoms with E-state index in [1.165, 1.54) is 16.3 Å². The zero-order valence-corrected chi connectivity index (χ0v) is 12.6. The van der Waals surface area contributed by atoms with Crippen LogP contribution in [0, 0.1) is 17.3 Å². The van der Waals surface area contributed by atoms with E-state index in [2.05, 4.69) is 75.1 Å². The van der Waals surface area contributed by atoms with Gasteiger partial charge in [-0.25, -0.2) is 0 Å². The first-order valence-electron chi connectivity index (χ1n) is 7.11. The Balaban J connectivity index is 1.89. The summed E-state index contributed by atoms with van der Waals surface area (Å²) in [5.74, 6) is 6.39. The second kappa shape index (κ2) is 6.59. The second-order valence-corrected chi connectivity index (χ2v) is 5.99. The number of benzene rings is 2. The van der Waals surface area contributed by atoms with Crippen LogP contribution in [0.2, 0.25) is 0 Å². The van der Waals surface area contributed by atoms with Crippen molar-refractivity contribution >= 4 is 10.8 Å². The second-order valence-electron chi connectivity index (χ2n) is 5.99. The zero-order chi connectivity index (χ0) is 14.4. The highest BCUT2D eigenvalue weighted by Gasteiger charge is 2.03. The van der Waals surface area contributed by atoms with Crippen molar-refractivity contribution in [2.24, 2.45) is 5.41 Å². The van der Waals surface area contributed by atoms with Gasteiger partial charge in [0.1, 0.15) is 0 Å². The Morgan fingerprint density at radius 3 is 2.55 bits per heavy atom. The van der Waals surface area contributed by atoms with E-state index in [4.69, 9.17) is 4.74 Å². The zero-order valence-electron chi connectivity index (χ0n) is 12.6. The Morgan fingerprint density at radius 2 is 1.75 bits per heavy atom. The highest BCUT2D eigenvalue weighted by molar-refractivity contribution is 5.85. The summed E-state index contributed by atoms with van der Waals surface area (Å²) in [4.78, 5) is 0. The monoisotopic (exact) mass is 266 g/mol. The van der Waals surface area contributed by atoms with Gasteiger partial charge in [0.15, 0.2) is 0 Å². The van der Waals surface area contributed by atoms with Crippen molar-refractivity contribution in [3.8, 4) is 11.8 Å². The first-order chi connectivity index (χ1) is 9.56. The predicted molar refractivity (Wildman–Crippen MR) is 85.5 cm³/mol. The molecule has 0 saturated carbocycles. The van der Waals surface area contributed by atoms with Crippen molar-refractivity contribution in [2.75, 3.05) is 6.61 Å². The maximum Gasteiger partial charge on any atom is 0.0723 e. The molecule has 2 aromatic rings. The molecule has 0 N–H and O–H groups in total. The molecule has 20 heavy (non-hydrogen) atoms. The molecule has 0 unspecified atom stereocenters. The van der Waals surface area contributed by atoms with Crippen molar-refractivity contribution < 1.29 is 4.74 Å². The number of rotatable bonds is 4. The third-order valence-electron chi connectivity index (χ3n) is 2.97. The Labute approximate surface area is 122 Å². The van der Waals surface area contributed by atoms with Gasteiger partial charge in [-0.15, -0.1) is 5.92 Å². The van der Waals surface area contributed by atoms with E-state index >= 15 is 0 Å². The van der Waals surface area contributed by atoms with Gasteiger partial charge in [0, 0.05) is 11.8 Å². The molecule has 0 radical (unpaired) electrons. The normalized spacial score (nSPS) is 11.2. The van der Waals surface area contributed by atoms with Crippen molar-refractivity contribution in [1.29, 1.82) is 0 Å². The van der Waals surface area contributed by atoms with Gasteiger partial charge in [-0.05, 0) is 37.1 Å². The summed E-state index contributed by atoms with van der Waals surface area (Å²) in [6, 6.07) is 14.8. The van der Waals surface area contributed by atoms with Gasteiger partial charge in [0.05, 0.1) is 13.2 Å². The smallest absolute Gasteiger partial charge is 0.0723 e. The maximum atomic E-state index is 5.74. The fraction of sp³-hybridized carbons (Fsp3) is 0.368. The molecule has 104 valence electrons. The summed E-state index contributed by atoms with van der Waals surface area (Å²) in [6.07, 6.45) is 0.794. The van der Waals surface area contributed by atoms with Crippen molar-refractivity contribution in [1.82, 2.24) is 0 Å². The van der Waals surface area contributed by atoms with E-state index < -0.39 is 0 Å². The van der Waals surface area contributed by atoms with Crippen LogP contribution < -0.4 is 0 Å². The van der Waals surface area contributed by atoms with Gasteiger partial charge >= 0.3 is 0 Å². The van der Waals surface area contributed by atoms with Crippen LogP contribution in [0.5, 0.6) is 0 Å². The highest BCUT2D eigenvalue weighted by atomic mass is 16.5. The quantitative estimate of drug-likeness (QED) is 0.571. The summed E-state index contributed by atoms with van der Waals surface area (Å²) in [5, 5.41) is 2.54. The van der Waals surface area contributed by atoms with Gasteiger partial charge in [0.2, 0.25) is 0 Å². The standard InChI is InChI=1S/C19H22O/c1-19(2,3)13-6-7-14-20-15-17-11-8-10-16-9-4-5-12-18(16)17/h4-5,8-12H,7,14-15H2,1-3H3. The fourth-order valence-electron chi connectivity index (χ4n) is 2.05. The molecular weight excluding hydrogens is 244 g/mol. The molecule has 0 fully saturated rings. The minimum Gasteiger partial charge on any atom is -0.376 e. The molecule has 0 aliphatic rings. The van der Waals surface area contributed by atoms with Crippen LogP contribution in [-0.4, -0.2) is 6.61 Å². The van der Waals surface area contributed by atoms with Gasteiger partial charge in [0.25, 0.3) is 0 Å². The molecule has 2 aromatic carbocycles. The van der Waals surface area contributed by atoms with Crippen LogP contribution in [-0.2, 0) is 11.3 Å². The van der Waals surface area contributed by atoms with E-state index in [0.717, 1.165) is 6.42 Å². The highest BCUT2D eigenvalue weighted by Crippen LogP contribution is 2.19. The largest absolute Gasteiger partial charge is 0.376 e. The molecule has 0 aliphatic heterocycles. The summed E-state index contributed by atoms with van der Waals surface area (Å²) < 4.78 is 5.74. The lowest BCUT2D eigenvalue weighted by Crippen LogP contribution is -2.00. The maximum absolute atomic E-state index is 5.74. The summed E-state index contributed by atoms with van der Waals surface area (Å²) in [5.41, 5.74) is 1.32. The van der Waals surface area contributed by atoms with Gasteiger partial charge in [-0.3, -0.25) is 0 Å². The van der Waals surface area contributed by atoms with Crippen LogP contribution in [0.3, 0.4) is 0 Å². The molecule has 0 aromatic heterocycles.